The van der Waals surface area contributed by atoms with Crippen molar-refractivity contribution in [2.75, 3.05) is 18.6 Å². The molecule has 0 aromatic rings. The summed E-state index contributed by atoms with van der Waals surface area (Å²) >= 11 is 1.79. The van der Waals surface area contributed by atoms with Gasteiger partial charge in [0, 0.05) is 6.54 Å². The van der Waals surface area contributed by atoms with Gasteiger partial charge in [-0.1, -0.05) is 32.6 Å². The highest BCUT2D eigenvalue weighted by molar-refractivity contribution is 7.98. The molecule has 1 N–H and O–H groups in total. The normalized spacial score (nSPS) is 20.5. The highest BCUT2D eigenvalue weighted by Gasteiger charge is 2.38. The number of carbonyl (C=O) groups excluding carboxylic acids is 1. The van der Waals surface area contributed by atoms with Crippen LogP contribution in [-0.4, -0.2) is 24.5 Å². The number of hydrogen-bond acceptors (Lipinski definition) is 3. The van der Waals surface area contributed by atoms with Crippen LogP contribution in [0, 0.1) is 22.7 Å². The largest absolute Gasteiger partial charge is 0.354 e. The third-order valence-corrected chi connectivity index (χ3v) is 4.57. The van der Waals surface area contributed by atoms with Gasteiger partial charge in [0.15, 0.2) is 0 Å². The lowest BCUT2D eigenvalue weighted by Gasteiger charge is -2.24. The van der Waals surface area contributed by atoms with Gasteiger partial charge < -0.3 is 5.32 Å². The maximum Gasteiger partial charge on any atom is 0.240 e. The molecule has 1 saturated carbocycles. The zero-order valence-electron chi connectivity index (χ0n) is 11.5. The number of nitrogens with zero attached hydrogens (tertiary/aromatic N) is 1. The molecule has 1 unspecified atom stereocenters. The Balaban J connectivity index is 2.53. The number of rotatable bonds is 5. The lowest BCUT2D eigenvalue weighted by Crippen LogP contribution is -2.41. The van der Waals surface area contributed by atoms with E-state index < -0.39 is 5.41 Å². The van der Waals surface area contributed by atoms with Gasteiger partial charge in [-0.25, -0.2) is 0 Å². The molecular weight excluding hydrogens is 244 g/mol. The Morgan fingerprint density at radius 3 is 2.50 bits per heavy atom. The smallest absolute Gasteiger partial charge is 0.240 e. The van der Waals surface area contributed by atoms with Gasteiger partial charge in [0.05, 0.1) is 6.07 Å². The molecule has 1 amide bonds. The number of nitrogens with one attached hydrogen (secondary N) is 1. The standard InChI is InChI=1S/C14H24N2OS/c1-12(10-18-2)9-16-13(17)14(11-15)7-5-3-4-6-8-14/h12H,3-10H2,1-2H3,(H,16,17). The number of thioether (sulfide) groups is 1. The minimum Gasteiger partial charge on any atom is -0.354 e. The maximum absolute atomic E-state index is 12.3. The molecule has 0 aromatic heterocycles. The van der Waals surface area contributed by atoms with Gasteiger partial charge in [-0.2, -0.15) is 17.0 Å². The zero-order valence-corrected chi connectivity index (χ0v) is 12.3. The lowest BCUT2D eigenvalue weighted by molar-refractivity contribution is -0.128. The van der Waals surface area contributed by atoms with Gasteiger partial charge in [0.25, 0.3) is 0 Å². The molecule has 1 rings (SSSR count). The first-order valence-electron chi connectivity index (χ1n) is 6.83. The summed E-state index contributed by atoms with van der Waals surface area (Å²) in [6.07, 6.45) is 7.83. The van der Waals surface area contributed by atoms with Gasteiger partial charge >= 0.3 is 0 Å². The fraction of sp³-hybridized carbons (Fsp3) is 0.857. The van der Waals surface area contributed by atoms with Crippen molar-refractivity contribution in [1.82, 2.24) is 5.32 Å². The summed E-state index contributed by atoms with van der Waals surface area (Å²) in [5.41, 5.74) is -0.754. The molecule has 0 radical (unpaired) electrons. The molecule has 1 aliphatic carbocycles. The molecule has 1 aliphatic rings. The molecule has 18 heavy (non-hydrogen) atoms. The zero-order chi connectivity index (χ0) is 13.4. The van der Waals surface area contributed by atoms with Crippen LogP contribution in [0.3, 0.4) is 0 Å². The Morgan fingerprint density at radius 1 is 1.39 bits per heavy atom. The lowest BCUT2D eigenvalue weighted by atomic mass is 9.81. The second kappa shape index (κ2) is 7.68. The molecular formula is C14H24N2OS. The van der Waals surface area contributed by atoms with Crippen LogP contribution < -0.4 is 5.32 Å². The van der Waals surface area contributed by atoms with Gasteiger partial charge in [0.1, 0.15) is 5.41 Å². The molecule has 0 heterocycles. The number of nitriles is 1. The highest BCUT2D eigenvalue weighted by atomic mass is 32.2. The van der Waals surface area contributed by atoms with Crippen LogP contribution in [0.15, 0.2) is 0 Å². The molecule has 3 nitrogen and oxygen atoms in total. The van der Waals surface area contributed by atoms with Crippen LogP contribution in [0.2, 0.25) is 0 Å². The molecule has 0 saturated heterocycles. The van der Waals surface area contributed by atoms with E-state index in [2.05, 4.69) is 24.6 Å². The maximum atomic E-state index is 12.3. The third kappa shape index (κ3) is 4.20. The van der Waals surface area contributed by atoms with E-state index in [1.165, 1.54) is 0 Å². The Bertz CT molecular complexity index is 303. The molecule has 0 aromatic carbocycles. The average Bonchev–Trinajstić information content (AvgIpc) is 2.62. The Morgan fingerprint density at radius 2 is 2.00 bits per heavy atom. The van der Waals surface area contributed by atoms with Crippen LogP contribution in [0.5, 0.6) is 0 Å². The number of amides is 1. The fourth-order valence-electron chi connectivity index (χ4n) is 2.50. The van der Waals surface area contributed by atoms with Crippen molar-refractivity contribution < 1.29 is 4.79 Å². The van der Waals surface area contributed by atoms with Gasteiger partial charge in [0.2, 0.25) is 5.91 Å². The second-order valence-electron chi connectivity index (χ2n) is 5.38. The van der Waals surface area contributed by atoms with Crippen LogP contribution in [0.25, 0.3) is 0 Å². The molecule has 1 atom stereocenters. The van der Waals surface area contributed by atoms with Crippen molar-refractivity contribution >= 4 is 17.7 Å². The molecule has 4 heteroatoms. The van der Waals surface area contributed by atoms with Crippen LogP contribution in [0.1, 0.15) is 45.4 Å². The van der Waals surface area contributed by atoms with Crippen molar-refractivity contribution in [1.29, 1.82) is 5.26 Å². The van der Waals surface area contributed by atoms with Crippen molar-refractivity contribution in [3.63, 3.8) is 0 Å². The predicted octanol–water partition coefficient (Wildman–Crippen LogP) is 2.97. The van der Waals surface area contributed by atoms with E-state index in [0.29, 0.717) is 12.5 Å². The summed E-state index contributed by atoms with van der Waals surface area (Å²) in [7, 11) is 0. The van der Waals surface area contributed by atoms with Crippen molar-refractivity contribution in [2.24, 2.45) is 11.3 Å². The quantitative estimate of drug-likeness (QED) is 0.780. The summed E-state index contributed by atoms with van der Waals surface area (Å²) in [5.74, 6) is 1.46. The van der Waals surface area contributed by atoms with Crippen molar-refractivity contribution in [3.8, 4) is 6.07 Å². The minimum atomic E-state index is -0.754. The molecule has 0 aliphatic heterocycles. The van der Waals surface area contributed by atoms with Crippen molar-refractivity contribution in [2.45, 2.75) is 45.4 Å². The summed E-state index contributed by atoms with van der Waals surface area (Å²) in [4.78, 5) is 12.3. The molecule has 1 fully saturated rings. The van der Waals surface area contributed by atoms with E-state index in [9.17, 15) is 10.1 Å². The van der Waals surface area contributed by atoms with Gasteiger partial charge in [-0.05, 0) is 30.8 Å². The third-order valence-electron chi connectivity index (χ3n) is 3.67. The van der Waals surface area contributed by atoms with E-state index in [1.54, 1.807) is 11.8 Å². The van der Waals surface area contributed by atoms with Crippen LogP contribution in [0.4, 0.5) is 0 Å². The summed E-state index contributed by atoms with van der Waals surface area (Å²) in [5, 5.41) is 12.4. The average molecular weight is 268 g/mol. The van der Waals surface area contributed by atoms with E-state index in [-0.39, 0.29) is 5.91 Å². The fourth-order valence-corrected chi connectivity index (χ4v) is 3.19. The Kier molecular flexibility index (Phi) is 6.56. The summed E-state index contributed by atoms with van der Waals surface area (Å²) in [6.45, 7) is 2.81. The van der Waals surface area contributed by atoms with Gasteiger partial charge in [-0.15, -0.1) is 0 Å². The van der Waals surface area contributed by atoms with E-state index >= 15 is 0 Å². The van der Waals surface area contributed by atoms with Gasteiger partial charge in [-0.3, -0.25) is 4.79 Å². The molecule has 102 valence electrons. The monoisotopic (exact) mass is 268 g/mol. The first-order chi connectivity index (χ1) is 8.64. The van der Waals surface area contributed by atoms with E-state index in [4.69, 9.17) is 0 Å². The predicted molar refractivity (Wildman–Crippen MR) is 76.3 cm³/mol. The second-order valence-corrected chi connectivity index (χ2v) is 6.29. The Labute approximate surface area is 115 Å². The molecule has 0 spiro atoms. The summed E-state index contributed by atoms with van der Waals surface area (Å²) in [6, 6.07) is 2.30. The van der Waals surface area contributed by atoms with Crippen LogP contribution >= 0.6 is 11.8 Å². The SMILES string of the molecule is CSCC(C)CNC(=O)C1(C#N)CCCCCC1. The Hall–Kier alpha value is -0.690. The van der Waals surface area contributed by atoms with E-state index in [0.717, 1.165) is 44.3 Å². The highest BCUT2D eigenvalue weighted by Crippen LogP contribution is 2.34. The molecule has 0 bridgehead atoms. The summed E-state index contributed by atoms with van der Waals surface area (Å²) < 4.78 is 0. The number of carbonyl (C=O) groups is 1. The minimum absolute atomic E-state index is 0.0418. The van der Waals surface area contributed by atoms with Crippen molar-refractivity contribution in [3.05, 3.63) is 0 Å². The first-order valence-corrected chi connectivity index (χ1v) is 8.22. The van der Waals surface area contributed by atoms with E-state index in [1.807, 2.05) is 0 Å². The first kappa shape index (κ1) is 15.4. The van der Waals surface area contributed by atoms with Crippen LogP contribution in [-0.2, 0) is 4.79 Å². The topological polar surface area (TPSA) is 52.9 Å². The number of hydrogen-bond donors (Lipinski definition) is 1.